The van der Waals surface area contributed by atoms with Gasteiger partial charge in [0.2, 0.25) is 11.8 Å². The molecule has 7 nitrogen and oxygen atoms in total. The minimum absolute atomic E-state index is 0.0760. The summed E-state index contributed by atoms with van der Waals surface area (Å²) in [5.74, 6) is -0.759. The fourth-order valence-corrected chi connectivity index (χ4v) is 6.60. The number of halogens is 1. The number of anilines is 1. The molecule has 0 aromatic heterocycles. The van der Waals surface area contributed by atoms with Crippen LogP contribution in [0.25, 0.3) is 0 Å². The lowest BCUT2D eigenvalue weighted by atomic mass is 10.0. The molecule has 1 N–H and O–H groups in total. The Bertz CT molecular complexity index is 1660. The van der Waals surface area contributed by atoms with Crippen molar-refractivity contribution < 1.29 is 18.0 Å². The Labute approximate surface area is 275 Å². The van der Waals surface area contributed by atoms with Gasteiger partial charge in [-0.15, -0.1) is 0 Å². The van der Waals surface area contributed by atoms with E-state index >= 15 is 0 Å². The predicted molar refractivity (Wildman–Crippen MR) is 183 cm³/mol. The van der Waals surface area contributed by atoms with E-state index in [0.29, 0.717) is 12.2 Å². The molecule has 0 fully saturated rings. The van der Waals surface area contributed by atoms with Crippen molar-refractivity contribution in [3.8, 4) is 0 Å². The number of aryl methyl sites for hydroxylation is 2. The second-order valence-corrected chi connectivity index (χ2v) is 13.9. The SMILES string of the molecule is CCCCNC(=O)[C@@H](Cc1ccccc1)N(Cc1ccc(C)cc1)C(=O)CN(c1ccc(Br)cc1)S(=O)(=O)c1ccc(C)cc1. The monoisotopic (exact) mass is 689 g/mol. The molecule has 0 aliphatic heterocycles. The van der Waals surface area contributed by atoms with Gasteiger partial charge in [-0.25, -0.2) is 8.42 Å². The van der Waals surface area contributed by atoms with Crippen molar-refractivity contribution in [2.24, 2.45) is 0 Å². The van der Waals surface area contributed by atoms with Crippen LogP contribution in [0.1, 0.15) is 42.0 Å². The van der Waals surface area contributed by atoms with E-state index in [2.05, 4.69) is 21.2 Å². The van der Waals surface area contributed by atoms with Crippen molar-refractivity contribution in [3.05, 3.63) is 130 Å². The number of carbonyl (C=O) groups is 2. The van der Waals surface area contributed by atoms with Gasteiger partial charge in [0.25, 0.3) is 10.0 Å². The molecule has 45 heavy (non-hydrogen) atoms. The highest BCUT2D eigenvalue weighted by Crippen LogP contribution is 2.27. The van der Waals surface area contributed by atoms with Crippen LogP contribution in [-0.2, 0) is 32.6 Å². The molecule has 1 atom stereocenters. The number of nitrogens with zero attached hydrogens (tertiary/aromatic N) is 2. The maximum absolute atomic E-state index is 14.5. The molecule has 9 heteroatoms. The molecule has 0 saturated heterocycles. The summed E-state index contributed by atoms with van der Waals surface area (Å²) in [5.41, 5.74) is 4.06. The second-order valence-electron chi connectivity index (χ2n) is 11.2. The summed E-state index contributed by atoms with van der Waals surface area (Å²) in [6, 6.07) is 29.8. The Morgan fingerprint density at radius 2 is 1.40 bits per heavy atom. The molecule has 0 unspecified atom stereocenters. The number of unbranched alkanes of at least 4 members (excludes halogenated alkanes) is 1. The smallest absolute Gasteiger partial charge is 0.264 e. The lowest BCUT2D eigenvalue weighted by molar-refractivity contribution is -0.140. The first-order valence-electron chi connectivity index (χ1n) is 15.1. The van der Waals surface area contributed by atoms with Crippen LogP contribution in [0.5, 0.6) is 0 Å². The summed E-state index contributed by atoms with van der Waals surface area (Å²) in [7, 11) is -4.14. The van der Waals surface area contributed by atoms with E-state index in [1.165, 1.54) is 4.90 Å². The summed E-state index contributed by atoms with van der Waals surface area (Å²) in [5, 5.41) is 3.02. The average molecular weight is 691 g/mol. The number of carbonyl (C=O) groups excluding carboxylic acids is 2. The maximum Gasteiger partial charge on any atom is 0.264 e. The highest BCUT2D eigenvalue weighted by atomic mass is 79.9. The molecule has 0 spiro atoms. The van der Waals surface area contributed by atoms with Gasteiger partial charge < -0.3 is 10.2 Å². The van der Waals surface area contributed by atoms with Crippen LogP contribution >= 0.6 is 15.9 Å². The lowest BCUT2D eigenvalue weighted by Gasteiger charge is -2.34. The lowest BCUT2D eigenvalue weighted by Crippen LogP contribution is -2.53. The van der Waals surface area contributed by atoms with Crippen LogP contribution in [0.4, 0.5) is 5.69 Å². The molecule has 0 aliphatic carbocycles. The van der Waals surface area contributed by atoms with Gasteiger partial charge in [0.1, 0.15) is 12.6 Å². The van der Waals surface area contributed by atoms with E-state index in [1.807, 2.05) is 75.4 Å². The normalized spacial score (nSPS) is 11.9. The van der Waals surface area contributed by atoms with E-state index in [9.17, 15) is 18.0 Å². The first-order valence-corrected chi connectivity index (χ1v) is 17.3. The number of nitrogens with one attached hydrogen (secondary N) is 1. The first kappa shape index (κ1) is 33.9. The van der Waals surface area contributed by atoms with Gasteiger partial charge in [0.05, 0.1) is 10.6 Å². The third-order valence-corrected chi connectivity index (χ3v) is 9.89. The molecule has 0 radical (unpaired) electrons. The molecule has 4 aromatic rings. The molecule has 0 bridgehead atoms. The third kappa shape index (κ3) is 9.28. The van der Waals surface area contributed by atoms with E-state index in [4.69, 9.17) is 0 Å². The van der Waals surface area contributed by atoms with E-state index in [0.717, 1.165) is 43.9 Å². The third-order valence-electron chi connectivity index (χ3n) is 7.58. The summed E-state index contributed by atoms with van der Waals surface area (Å²) in [6.07, 6.45) is 2.00. The van der Waals surface area contributed by atoms with Crippen molar-refractivity contribution in [3.63, 3.8) is 0 Å². The van der Waals surface area contributed by atoms with Gasteiger partial charge in [-0.3, -0.25) is 13.9 Å². The minimum atomic E-state index is -4.14. The number of hydrogen-bond donors (Lipinski definition) is 1. The molecular weight excluding hydrogens is 650 g/mol. The zero-order chi connectivity index (χ0) is 32.4. The number of sulfonamides is 1. The number of rotatable bonds is 14. The quantitative estimate of drug-likeness (QED) is 0.147. The van der Waals surface area contributed by atoms with Gasteiger partial charge in [-0.05, 0) is 67.8 Å². The topological polar surface area (TPSA) is 86.8 Å². The molecule has 0 heterocycles. The largest absolute Gasteiger partial charge is 0.354 e. The van der Waals surface area contributed by atoms with Crippen molar-refractivity contribution in [1.82, 2.24) is 10.2 Å². The van der Waals surface area contributed by atoms with E-state index in [1.54, 1.807) is 48.5 Å². The Morgan fingerprint density at radius 3 is 2.00 bits per heavy atom. The molecule has 0 saturated carbocycles. The second kappa shape index (κ2) is 15.9. The van der Waals surface area contributed by atoms with Crippen LogP contribution in [0.15, 0.2) is 112 Å². The van der Waals surface area contributed by atoms with Gasteiger partial charge >= 0.3 is 0 Å². The minimum Gasteiger partial charge on any atom is -0.354 e. The maximum atomic E-state index is 14.5. The molecular formula is C36H40BrN3O4S. The van der Waals surface area contributed by atoms with Crippen LogP contribution in [0, 0.1) is 13.8 Å². The van der Waals surface area contributed by atoms with Crippen LogP contribution < -0.4 is 9.62 Å². The Balaban J connectivity index is 1.78. The first-order chi connectivity index (χ1) is 21.6. The zero-order valence-electron chi connectivity index (χ0n) is 25.9. The Hall–Kier alpha value is -3.95. The van der Waals surface area contributed by atoms with Crippen molar-refractivity contribution in [2.75, 3.05) is 17.4 Å². The number of benzene rings is 4. The van der Waals surface area contributed by atoms with Crippen molar-refractivity contribution in [1.29, 1.82) is 0 Å². The Kier molecular flexibility index (Phi) is 12.0. The molecule has 4 aromatic carbocycles. The van der Waals surface area contributed by atoms with E-state index in [-0.39, 0.29) is 23.8 Å². The predicted octanol–water partition coefficient (Wildman–Crippen LogP) is 6.82. The van der Waals surface area contributed by atoms with Gasteiger partial charge in [-0.2, -0.15) is 0 Å². The van der Waals surface area contributed by atoms with Crippen LogP contribution in [0.2, 0.25) is 0 Å². The molecule has 4 rings (SSSR count). The standard InChI is InChI=1S/C36H40BrN3O4S/c1-4-5-23-38-36(42)34(24-29-9-7-6-8-10-29)39(25-30-15-11-27(2)12-16-30)35(41)26-40(32-19-17-31(37)18-20-32)45(43,44)33-21-13-28(3)14-22-33/h6-22,34H,4-5,23-26H2,1-3H3,(H,38,42)/t34-/m1/s1. The fraction of sp³-hybridized carbons (Fsp3) is 0.278. The van der Waals surface area contributed by atoms with Gasteiger partial charge in [0.15, 0.2) is 0 Å². The number of amides is 2. The highest BCUT2D eigenvalue weighted by Gasteiger charge is 2.34. The fourth-order valence-electron chi connectivity index (χ4n) is 4.92. The summed E-state index contributed by atoms with van der Waals surface area (Å²) in [4.78, 5) is 29.9. The summed E-state index contributed by atoms with van der Waals surface area (Å²) < 4.78 is 30.1. The van der Waals surface area contributed by atoms with Crippen molar-refractivity contribution >= 4 is 43.5 Å². The van der Waals surface area contributed by atoms with Crippen LogP contribution in [-0.4, -0.2) is 44.3 Å². The summed E-state index contributed by atoms with van der Waals surface area (Å²) in [6.45, 7) is 6.05. The number of hydrogen-bond acceptors (Lipinski definition) is 4. The Morgan fingerprint density at radius 1 is 0.800 bits per heavy atom. The highest BCUT2D eigenvalue weighted by molar-refractivity contribution is 9.10. The molecule has 0 aliphatic rings. The average Bonchev–Trinajstić information content (AvgIpc) is 3.03. The van der Waals surface area contributed by atoms with Crippen LogP contribution in [0.3, 0.4) is 0 Å². The van der Waals surface area contributed by atoms with E-state index < -0.39 is 28.5 Å². The zero-order valence-corrected chi connectivity index (χ0v) is 28.4. The van der Waals surface area contributed by atoms with Gasteiger partial charge in [0, 0.05) is 24.0 Å². The summed E-state index contributed by atoms with van der Waals surface area (Å²) >= 11 is 3.42. The molecule has 2 amide bonds. The molecule has 236 valence electrons. The van der Waals surface area contributed by atoms with Gasteiger partial charge in [-0.1, -0.05) is 107 Å². The van der Waals surface area contributed by atoms with Crippen molar-refractivity contribution in [2.45, 2.75) is 57.5 Å².